The number of hydrogen-bond acceptors (Lipinski definition) is 7. The summed E-state index contributed by atoms with van der Waals surface area (Å²) >= 11 is 6.21. The second kappa shape index (κ2) is 11.6. The summed E-state index contributed by atoms with van der Waals surface area (Å²) < 4.78 is 8.39. The smallest absolute Gasteiger partial charge is 0.356 e. The van der Waals surface area contributed by atoms with Gasteiger partial charge in [0.25, 0.3) is 5.56 Å². The maximum Gasteiger partial charge on any atom is 0.356 e. The zero-order valence-electron chi connectivity index (χ0n) is 23.1. The number of carboxylic acid groups (broad SMARTS) is 1. The first kappa shape index (κ1) is 28.9. The third kappa shape index (κ3) is 5.51. The highest BCUT2D eigenvalue weighted by Gasteiger charge is 2.33. The quantitative estimate of drug-likeness (QED) is 0.290. The van der Waals surface area contributed by atoms with Crippen LogP contribution in [-0.4, -0.2) is 32.5 Å². The first-order valence-electron chi connectivity index (χ1n) is 12.6. The minimum Gasteiger partial charge on any atom is -0.494 e. The Hall–Kier alpha value is -5.06. The maximum absolute atomic E-state index is 12.7. The van der Waals surface area contributed by atoms with Crippen LogP contribution in [0.5, 0.6) is 5.75 Å². The number of carbonyl (C=O) groups is 1. The lowest BCUT2D eigenvalue weighted by Gasteiger charge is -2.25. The van der Waals surface area contributed by atoms with Gasteiger partial charge in [-0.05, 0) is 60.4 Å². The fourth-order valence-corrected chi connectivity index (χ4v) is 5.09. The molecule has 4 aromatic rings. The van der Waals surface area contributed by atoms with Crippen LogP contribution in [0.25, 0.3) is 5.69 Å². The van der Waals surface area contributed by atoms with E-state index in [-0.39, 0.29) is 22.2 Å². The molecule has 1 atom stereocenters. The number of nitriles is 2. The van der Waals surface area contributed by atoms with Crippen LogP contribution in [0.3, 0.4) is 0 Å². The molecule has 0 saturated carbocycles. The van der Waals surface area contributed by atoms with Crippen molar-refractivity contribution in [2.24, 2.45) is 7.05 Å². The molecular weight excluding hydrogens is 544 g/mol. The Morgan fingerprint density at radius 2 is 1.78 bits per heavy atom. The summed E-state index contributed by atoms with van der Waals surface area (Å²) in [5, 5.41) is 37.3. The summed E-state index contributed by atoms with van der Waals surface area (Å²) in [6.45, 7) is 5.65. The van der Waals surface area contributed by atoms with Crippen LogP contribution in [0.1, 0.15) is 69.8 Å². The standard InChI is InChI=1S/C30H27ClN6O4/c1-16(2)28-25(27(30(39)40)35-37(28)23-11-19(14-33)7-9-24(23)41-5)26(21-8-6-18(13-32)10-17(21)3)34-20-12-22(31)29(38)36(4)15-20/h6-12,15-16,26,34H,1-5H3,(H,39,40). The molecular formula is C30H27ClN6O4. The predicted molar refractivity (Wildman–Crippen MR) is 154 cm³/mol. The number of benzene rings is 2. The van der Waals surface area contributed by atoms with E-state index in [4.69, 9.17) is 16.3 Å². The zero-order valence-corrected chi connectivity index (χ0v) is 23.8. The summed E-state index contributed by atoms with van der Waals surface area (Å²) in [7, 11) is 3.05. The van der Waals surface area contributed by atoms with E-state index in [0.717, 1.165) is 5.56 Å². The van der Waals surface area contributed by atoms with Gasteiger partial charge >= 0.3 is 5.97 Å². The van der Waals surface area contributed by atoms with Gasteiger partial charge in [0.1, 0.15) is 16.5 Å². The summed E-state index contributed by atoms with van der Waals surface area (Å²) in [5.41, 5.74) is 3.44. The topological polar surface area (TPSA) is 146 Å². The van der Waals surface area contributed by atoms with E-state index in [2.05, 4.69) is 22.6 Å². The lowest BCUT2D eigenvalue weighted by atomic mass is 9.89. The lowest BCUT2D eigenvalue weighted by Crippen LogP contribution is -2.21. The van der Waals surface area contributed by atoms with Gasteiger partial charge < -0.3 is 19.7 Å². The Bertz CT molecular complexity index is 1780. The van der Waals surface area contributed by atoms with Gasteiger partial charge in [-0.25, -0.2) is 9.48 Å². The Balaban J connectivity index is 2.10. The number of halogens is 1. The van der Waals surface area contributed by atoms with E-state index >= 15 is 0 Å². The third-order valence-electron chi connectivity index (χ3n) is 6.69. The van der Waals surface area contributed by atoms with Gasteiger partial charge in [0.15, 0.2) is 5.69 Å². The molecule has 208 valence electrons. The largest absolute Gasteiger partial charge is 0.494 e. The van der Waals surface area contributed by atoms with Gasteiger partial charge in [-0.1, -0.05) is 31.5 Å². The lowest BCUT2D eigenvalue weighted by molar-refractivity contribution is 0.0688. The van der Waals surface area contributed by atoms with Crippen LogP contribution >= 0.6 is 11.6 Å². The Kier molecular flexibility index (Phi) is 8.18. The van der Waals surface area contributed by atoms with Crippen LogP contribution in [0.2, 0.25) is 5.02 Å². The van der Waals surface area contributed by atoms with Crippen molar-refractivity contribution < 1.29 is 14.6 Å². The van der Waals surface area contributed by atoms with Gasteiger partial charge in [0, 0.05) is 18.8 Å². The highest BCUT2D eigenvalue weighted by molar-refractivity contribution is 6.30. The summed E-state index contributed by atoms with van der Waals surface area (Å²) in [6, 6.07) is 14.9. The number of nitrogens with zero attached hydrogens (tertiary/aromatic N) is 5. The van der Waals surface area contributed by atoms with Crippen molar-refractivity contribution in [2.45, 2.75) is 32.7 Å². The molecule has 2 aromatic carbocycles. The van der Waals surface area contributed by atoms with E-state index in [0.29, 0.717) is 45.1 Å². The molecule has 4 rings (SSSR count). The van der Waals surface area contributed by atoms with Crippen LogP contribution in [0, 0.1) is 29.6 Å². The van der Waals surface area contributed by atoms with Gasteiger partial charge in [-0.3, -0.25) is 4.79 Å². The maximum atomic E-state index is 12.7. The first-order chi connectivity index (χ1) is 19.5. The molecule has 2 heterocycles. The van der Waals surface area contributed by atoms with Crippen molar-refractivity contribution in [3.8, 4) is 23.6 Å². The van der Waals surface area contributed by atoms with Crippen molar-refractivity contribution in [3.05, 3.63) is 103 Å². The molecule has 2 aromatic heterocycles. The normalized spacial score (nSPS) is 11.5. The molecule has 0 spiro atoms. The monoisotopic (exact) mass is 570 g/mol. The molecule has 0 amide bonds. The molecule has 10 nitrogen and oxygen atoms in total. The van der Waals surface area contributed by atoms with E-state index < -0.39 is 12.0 Å². The predicted octanol–water partition coefficient (Wildman–Crippen LogP) is 5.31. The van der Waals surface area contributed by atoms with Crippen molar-refractivity contribution in [1.82, 2.24) is 14.3 Å². The number of pyridine rings is 1. The Morgan fingerprint density at radius 3 is 2.34 bits per heavy atom. The molecule has 2 N–H and O–H groups in total. The van der Waals surface area contributed by atoms with Gasteiger partial charge in [0.2, 0.25) is 0 Å². The van der Waals surface area contributed by atoms with Crippen LogP contribution in [0.15, 0.2) is 53.5 Å². The zero-order chi connectivity index (χ0) is 30.0. The van der Waals surface area contributed by atoms with Crippen LogP contribution < -0.4 is 15.6 Å². The molecule has 1 unspecified atom stereocenters. The second-order valence-electron chi connectivity index (χ2n) is 9.77. The van der Waals surface area contributed by atoms with Crippen LogP contribution in [0.4, 0.5) is 5.69 Å². The highest BCUT2D eigenvalue weighted by Crippen LogP contribution is 2.39. The summed E-state index contributed by atoms with van der Waals surface area (Å²) in [4.78, 5) is 25.0. The van der Waals surface area contributed by atoms with Crippen molar-refractivity contribution in [3.63, 3.8) is 0 Å². The molecule has 11 heteroatoms. The van der Waals surface area contributed by atoms with Gasteiger partial charge in [-0.15, -0.1) is 0 Å². The van der Waals surface area contributed by atoms with E-state index in [1.54, 1.807) is 49.6 Å². The number of aromatic nitrogens is 3. The van der Waals surface area contributed by atoms with Crippen molar-refractivity contribution in [1.29, 1.82) is 10.5 Å². The third-order valence-corrected chi connectivity index (χ3v) is 6.96. The number of aryl methyl sites for hydroxylation is 2. The average molecular weight is 571 g/mol. The number of carboxylic acids is 1. The Labute approximate surface area is 241 Å². The van der Waals surface area contributed by atoms with E-state index in [1.807, 2.05) is 20.8 Å². The number of anilines is 1. The van der Waals surface area contributed by atoms with Gasteiger partial charge in [0.05, 0.1) is 47.8 Å². The minimum absolute atomic E-state index is 0.0101. The number of nitrogens with one attached hydrogen (secondary N) is 1. The number of rotatable bonds is 8. The SMILES string of the molecule is COc1ccc(C#N)cc1-n1nc(C(=O)O)c(C(Nc2cc(Cl)c(=O)n(C)c2)c2ccc(C#N)cc2C)c1C(C)C. The molecule has 0 aliphatic heterocycles. The fraction of sp³-hybridized carbons (Fsp3) is 0.233. The minimum atomic E-state index is -1.26. The molecule has 0 bridgehead atoms. The Morgan fingerprint density at radius 1 is 1.12 bits per heavy atom. The molecule has 0 saturated heterocycles. The number of aromatic carboxylic acids is 1. The first-order valence-corrected chi connectivity index (χ1v) is 13.0. The molecule has 41 heavy (non-hydrogen) atoms. The average Bonchev–Trinajstić information content (AvgIpc) is 3.35. The molecule has 0 aliphatic rings. The number of ether oxygens (including phenoxy) is 1. The fourth-order valence-electron chi connectivity index (χ4n) is 4.84. The van der Waals surface area contributed by atoms with Crippen LogP contribution in [-0.2, 0) is 7.05 Å². The summed E-state index contributed by atoms with van der Waals surface area (Å²) in [6.07, 6.45) is 1.57. The molecule has 0 radical (unpaired) electrons. The molecule has 0 fully saturated rings. The number of hydrogen-bond donors (Lipinski definition) is 2. The number of methoxy groups -OCH3 is 1. The second-order valence-corrected chi connectivity index (χ2v) is 10.2. The highest BCUT2D eigenvalue weighted by atomic mass is 35.5. The van der Waals surface area contributed by atoms with Crippen molar-refractivity contribution >= 4 is 23.3 Å². The van der Waals surface area contributed by atoms with Gasteiger partial charge in [-0.2, -0.15) is 15.6 Å². The van der Waals surface area contributed by atoms with E-state index in [9.17, 15) is 25.2 Å². The van der Waals surface area contributed by atoms with Crippen molar-refractivity contribution in [2.75, 3.05) is 12.4 Å². The van der Waals surface area contributed by atoms with E-state index in [1.165, 1.54) is 22.4 Å². The molecule has 0 aliphatic carbocycles. The summed E-state index contributed by atoms with van der Waals surface area (Å²) in [5.74, 6) is -1.10.